The maximum Gasteiger partial charge on any atom is 0.317 e. The Morgan fingerprint density at radius 2 is 0.417 bits per heavy atom. The number of carbonyl (C=O) groups is 8. The van der Waals surface area contributed by atoms with E-state index in [9.17, 15) is 69.0 Å². The molecule has 0 amide bonds. The van der Waals surface area contributed by atoms with E-state index in [0.29, 0.717) is 11.1 Å². The van der Waals surface area contributed by atoms with E-state index < -0.39 is 35.8 Å². The van der Waals surface area contributed by atoms with Crippen molar-refractivity contribution in [2.24, 2.45) is 0 Å². The van der Waals surface area contributed by atoms with Gasteiger partial charge in [0.2, 0.25) is 0 Å². The number of Topliss-reactive ketones (excluding diaryl/α,β-unsaturated/α-hetero) is 2. The fourth-order valence-electron chi connectivity index (χ4n) is 7.00. The third-order valence-electron chi connectivity index (χ3n) is 10.3. The number of hydrogen-bond donors (Lipinski definition) is 6. The Hall–Kier alpha value is -4.94. The molecule has 2 fully saturated rings. The topological polar surface area (TPSA) is 284 Å². The standard InChI is InChI=1S/C38H58N8O14/c47-31(21-39-5-9-41(23-33(49)50)13-17-45(27-37(57)58)18-14-42(10-6-39)24-34(51)52)29-1-2-30(4-3-29)32(48)22-40-7-11-43(25-35(53)54)15-19-46(28-38(59)60)20-16-44(12-8-40)26-36(55)56/h1-4H,5-28H2,(H,49,50)(H,51,52)(H,53,54)(H,55,56)(H,57,58)(H,59,60). The zero-order valence-electron chi connectivity index (χ0n) is 33.8. The number of nitrogens with zero attached hydrogens (tertiary/aromatic N) is 8. The highest BCUT2D eigenvalue weighted by molar-refractivity contribution is 6.01. The van der Waals surface area contributed by atoms with Crippen molar-refractivity contribution in [3.8, 4) is 0 Å². The lowest BCUT2D eigenvalue weighted by Gasteiger charge is -2.33. The molecule has 0 radical (unpaired) electrons. The van der Waals surface area contributed by atoms with E-state index in [1.54, 1.807) is 29.4 Å². The molecule has 3 rings (SSSR count). The molecular formula is C38H58N8O14. The maximum atomic E-state index is 13.6. The van der Waals surface area contributed by atoms with E-state index in [-0.39, 0.29) is 169 Å². The lowest BCUT2D eigenvalue weighted by Crippen LogP contribution is -2.49. The van der Waals surface area contributed by atoms with Gasteiger partial charge in [-0.15, -0.1) is 0 Å². The van der Waals surface area contributed by atoms with E-state index in [4.69, 9.17) is 0 Å². The second kappa shape index (κ2) is 25.6. The highest BCUT2D eigenvalue weighted by Gasteiger charge is 2.24. The smallest absolute Gasteiger partial charge is 0.317 e. The first-order chi connectivity index (χ1) is 28.4. The molecule has 2 saturated heterocycles. The Kier molecular flexibility index (Phi) is 21.1. The van der Waals surface area contributed by atoms with Crippen LogP contribution in [0.15, 0.2) is 24.3 Å². The van der Waals surface area contributed by atoms with Crippen molar-refractivity contribution in [2.75, 3.05) is 157 Å². The fourth-order valence-corrected chi connectivity index (χ4v) is 7.00. The summed E-state index contributed by atoms with van der Waals surface area (Å²) in [5.41, 5.74) is 0.618. The lowest BCUT2D eigenvalue weighted by molar-refractivity contribution is -0.140. The third kappa shape index (κ3) is 19.9. The minimum atomic E-state index is -1.06. The van der Waals surface area contributed by atoms with Gasteiger partial charge in [0, 0.05) is 116 Å². The van der Waals surface area contributed by atoms with E-state index in [1.807, 2.05) is 9.80 Å². The Morgan fingerprint density at radius 3 is 0.550 bits per heavy atom. The second-order valence-electron chi connectivity index (χ2n) is 15.0. The van der Waals surface area contributed by atoms with Crippen LogP contribution in [0.3, 0.4) is 0 Å². The first kappa shape index (κ1) is 49.4. The lowest BCUT2D eigenvalue weighted by atomic mass is 10.0. The van der Waals surface area contributed by atoms with Crippen LogP contribution < -0.4 is 0 Å². The summed E-state index contributed by atoms with van der Waals surface area (Å²) < 4.78 is 0. The van der Waals surface area contributed by atoms with Gasteiger partial charge in [0.15, 0.2) is 11.6 Å². The molecule has 1 aromatic rings. The molecule has 0 bridgehead atoms. The molecule has 22 nitrogen and oxygen atoms in total. The predicted molar refractivity (Wildman–Crippen MR) is 212 cm³/mol. The number of carboxylic acid groups (broad SMARTS) is 6. The molecule has 0 unspecified atom stereocenters. The Morgan fingerprint density at radius 1 is 0.283 bits per heavy atom. The van der Waals surface area contributed by atoms with Crippen molar-refractivity contribution in [3.05, 3.63) is 35.4 Å². The Bertz CT molecular complexity index is 1450. The van der Waals surface area contributed by atoms with Gasteiger partial charge in [0.25, 0.3) is 0 Å². The summed E-state index contributed by atoms with van der Waals surface area (Å²) in [5.74, 6) is -6.95. The normalized spacial score (nSPS) is 19.2. The zero-order valence-corrected chi connectivity index (χ0v) is 33.8. The van der Waals surface area contributed by atoms with Gasteiger partial charge < -0.3 is 30.6 Å². The van der Waals surface area contributed by atoms with Gasteiger partial charge in [-0.1, -0.05) is 24.3 Å². The second-order valence-corrected chi connectivity index (χ2v) is 15.0. The van der Waals surface area contributed by atoms with Crippen LogP contribution in [0.5, 0.6) is 0 Å². The van der Waals surface area contributed by atoms with Crippen molar-refractivity contribution >= 4 is 47.4 Å². The largest absolute Gasteiger partial charge is 0.480 e. The summed E-state index contributed by atoms with van der Waals surface area (Å²) in [7, 11) is 0. The number of hydrogen-bond acceptors (Lipinski definition) is 16. The van der Waals surface area contributed by atoms with Crippen LogP contribution in [0.2, 0.25) is 0 Å². The summed E-state index contributed by atoms with van der Waals surface area (Å²) in [6.45, 7) is 2.02. The molecule has 2 aliphatic rings. The Balaban J connectivity index is 1.72. The molecule has 22 heteroatoms. The molecular weight excluding hydrogens is 792 g/mol. The van der Waals surface area contributed by atoms with Crippen LogP contribution in [-0.2, 0) is 28.8 Å². The molecule has 60 heavy (non-hydrogen) atoms. The average molecular weight is 851 g/mol. The van der Waals surface area contributed by atoms with Crippen LogP contribution >= 0.6 is 0 Å². The molecule has 1 aromatic carbocycles. The summed E-state index contributed by atoms with van der Waals surface area (Å²) in [5, 5.41) is 56.8. The summed E-state index contributed by atoms with van der Waals surface area (Å²) >= 11 is 0. The average Bonchev–Trinajstić information content (AvgIpc) is 3.15. The number of ketones is 2. The minimum Gasteiger partial charge on any atom is -0.480 e. The number of aliphatic carboxylic acids is 6. The van der Waals surface area contributed by atoms with Crippen molar-refractivity contribution in [1.29, 1.82) is 0 Å². The number of carboxylic acids is 6. The summed E-state index contributed by atoms with van der Waals surface area (Å²) in [6, 6.07) is 6.11. The summed E-state index contributed by atoms with van der Waals surface area (Å²) in [4.78, 5) is 110. The fraction of sp³-hybridized carbons (Fsp3) is 0.632. The molecule has 6 N–H and O–H groups in total. The minimum absolute atomic E-state index is 0.0816. The van der Waals surface area contributed by atoms with Crippen LogP contribution in [0, 0.1) is 0 Å². The maximum absolute atomic E-state index is 13.6. The summed E-state index contributed by atoms with van der Waals surface area (Å²) in [6.07, 6.45) is 0. The quantitative estimate of drug-likeness (QED) is 0.0803. The van der Waals surface area contributed by atoms with Gasteiger partial charge in [-0.2, -0.15) is 0 Å². The zero-order chi connectivity index (χ0) is 44.2. The van der Waals surface area contributed by atoms with Crippen LogP contribution in [-0.4, -0.2) is 274 Å². The van der Waals surface area contributed by atoms with Gasteiger partial charge in [-0.3, -0.25) is 77.6 Å². The van der Waals surface area contributed by atoms with Crippen molar-refractivity contribution < 1.29 is 69.0 Å². The van der Waals surface area contributed by atoms with Gasteiger partial charge >= 0.3 is 35.8 Å². The van der Waals surface area contributed by atoms with Gasteiger partial charge in [0.05, 0.1) is 52.4 Å². The monoisotopic (exact) mass is 850 g/mol. The SMILES string of the molecule is O=C(O)CN1CCN(CC(=O)O)CCN(CC(=O)c2ccc(C(=O)CN3CCN(CC(=O)O)CCN(CC(=O)O)CCN(CC(=O)O)CC3)cc2)CCN(CC(=O)O)CC1. The molecule has 0 aromatic heterocycles. The number of rotatable bonds is 18. The van der Waals surface area contributed by atoms with E-state index in [0.717, 1.165) is 0 Å². The third-order valence-corrected chi connectivity index (χ3v) is 10.3. The van der Waals surface area contributed by atoms with Gasteiger partial charge in [-0.25, -0.2) is 0 Å². The van der Waals surface area contributed by atoms with Crippen LogP contribution in [0.4, 0.5) is 0 Å². The van der Waals surface area contributed by atoms with E-state index >= 15 is 0 Å². The van der Waals surface area contributed by atoms with Crippen LogP contribution in [0.25, 0.3) is 0 Å². The first-order valence-electron chi connectivity index (χ1n) is 19.7. The molecule has 0 atom stereocenters. The van der Waals surface area contributed by atoms with Crippen LogP contribution in [0.1, 0.15) is 20.7 Å². The molecule has 0 saturated carbocycles. The molecule has 334 valence electrons. The molecule has 2 heterocycles. The van der Waals surface area contributed by atoms with E-state index in [1.165, 1.54) is 24.3 Å². The predicted octanol–water partition coefficient (Wildman–Crippen LogP) is -3.00. The van der Waals surface area contributed by atoms with Gasteiger partial charge in [0.1, 0.15) is 0 Å². The first-order valence-corrected chi connectivity index (χ1v) is 19.7. The number of benzene rings is 1. The number of carbonyl (C=O) groups excluding carboxylic acids is 2. The van der Waals surface area contributed by atoms with Gasteiger partial charge in [-0.05, 0) is 0 Å². The van der Waals surface area contributed by atoms with Crippen molar-refractivity contribution in [3.63, 3.8) is 0 Å². The van der Waals surface area contributed by atoms with Crippen molar-refractivity contribution in [1.82, 2.24) is 39.2 Å². The highest BCUT2D eigenvalue weighted by atomic mass is 16.4. The molecule has 0 spiro atoms. The highest BCUT2D eigenvalue weighted by Crippen LogP contribution is 2.11. The Labute approximate surface area is 347 Å². The van der Waals surface area contributed by atoms with Crippen molar-refractivity contribution in [2.45, 2.75) is 0 Å². The van der Waals surface area contributed by atoms with E-state index in [2.05, 4.69) is 0 Å². The molecule has 2 aliphatic heterocycles. The molecule has 0 aliphatic carbocycles.